The van der Waals surface area contributed by atoms with Gasteiger partial charge in [0.1, 0.15) is 24.6 Å². The van der Waals surface area contributed by atoms with Gasteiger partial charge in [-0.05, 0) is 38.0 Å². The van der Waals surface area contributed by atoms with Crippen molar-refractivity contribution in [2.45, 2.75) is 39.2 Å². The SMILES string of the molecule is Cc1cc(C(=O)Nc2ccc3c(c2)OCCO3)c2nc3n(c2n1)CCCCC3. The molecule has 2 aliphatic heterocycles. The molecule has 28 heavy (non-hydrogen) atoms. The van der Waals surface area contributed by atoms with Crippen LogP contribution in [0, 0.1) is 6.92 Å². The summed E-state index contributed by atoms with van der Waals surface area (Å²) in [6.07, 6.45) is 4.38. The van der Waals surface area contributed by atoms with Crippen LogP contribution in [0.1, 0.15) is 41.1 Å². The Hall–Kier alpha value is -3.09. The van der Waals surface area contributed by atoms with Crippen molar-refractivity contribution in [2.24, 2.45) is 0 Å². The van der Waals surface area contributed by atoms with Crippen LogP contribution in [-0.2, 0) is 13.0 Å². The second-order valence-electron chi connectivity index (χ2n) is 7.29. The maximum Gasteiger partial charge on any atom is 0.258 e. The quantitative estimate of drug-likeness (QED) is 0.739. The first kappa shape index (κ1) is 17.0. The zero-order valence-corrected chi connectivity index (χ0v) is 15.8. The Labute approximate surface area is 162 Å². The van der Waals surface area contributed by atoms with Gasteiger partial charge in [0, 0.05) is 30.4 Å². The van der Waals surface area contributed by atoms with Gasteiger partial charge in [-0.15, -0.1) is 0 Å². The smallest absolute Gasteiger partial charge is 0.258 e. The van der Waals surface area contributed by atoms with E-state index in [4.69, 9.17) is 14.5 Å². The Morgan fingerprint density at radius 3 is 2.82 bits per heavy atom. The summed E-state index contributed by atoms with van der Waals surface area (Å²) in [5, 5.41) is 2.97. The Balaban J connectivity index is 1.51. The molecule has 0 saturated carbocycles. The maximum absolute atomic E-state index is 13.1. The number of aryl methyl sites for hydroxylation is 3. The van der Waals surface area contributed by atoms with E-state index in [-0.39, 0.29) is 5.91 Å². The number of imidazole rings is 1. The first-order valence-electron chi connectivity index (χ1n) is 9.77. The van der Waals surface area contributed by atoms with Crippen LogP contribution in [0.15, 0.2) is 24.3 Å². The van der Waals surface area contributed by atoms with Crippen molar-refractivity contribution in [2.75, 3.05) is 18.5 Å². The molecule has 5 rings (SSSR count). The van der Waals surface area contributed by atoms with E-state index in [9.17, 15) is 4.79 Å². The second kappa shape index (κ2) is 6.82. The van der Waals surface area contributed by atoms with E-state index in [1.165, 1.54) is 6.42 Å². The van der Waals surface area contributed by atoms with Gasteiger partial charge in [-0.2, -0.15) is 0 Å². The molecule has 3 aromatic rings. The van der Waals surface area contributed by atoms with Crippen molar-refractivity contribution < 1.29 is 14.3 Å². The van der Waals surface area contributed by atoms with Crippen LogP contribution in [-0.4, -0.2) is 33.7 Å². The number of anilines is 1. The highest BCUT2D eigenvalue weighted by Crippen LogP contribution is 2.33. The number of nitrogens with zero attached hydrogens (tertiary/aromatic N) is 3. The zero-order valence-electron chi connectivity index (χ0n) is 15.8. The maximum atomic E-state index is 13.1. The molecule has 0 bridgehead atoms. The summed E-state index contributed by atoms with van der Waals surface area (Å²) in [6, 6.07) is 7.23. The fraction of sp³-hybridized carbons (Fsp3) is 0.381. The van der Waals surface area contributed by atoms with Gasteiger partial charge in [0.25, 0.3) is 5.91 Å². The number of benzene rings is 1. The number of hydrogen-bond donors (Lipinski definition) is 1. The number of nitrogens with one attached hydrogen (secondary N) is 1. The molecule has 144 valence electrons. The van der Waals surface area contributed by atoms with E-state index in [0.717, 1.165) is 43.0 Å². The van der Waals surface area contributed by atoms with Crippen molar-refractivity contribution in [3.8, 4) is 11.5 Å². The van der Waals surface area contributed by atoms with Gasteiger partial charge in [-0.1, -0.05) is 6.42 Å². The number of rotatable bonds is 2. The van der Waals surface area contributed by atoms with E-state index in [1.807, 2.05) is 25.1 Å². The fourth-order valence-corrected chi connectivity index (χ4v) is 3.91. The molecule has 1 aromatic carbocycles. The number of carbonyl (C=O) groups excluding carboxylic acids is 1. The lowest BCUT2D eigenvalue weighted by molar-refractivity contribution is 0.102. The van der Waals surface area contributed by atoms with Crippen LogP contribution in [0.2, 0.25) is 0 Å². The number of ether oxygens (including phenoxy) is 2. The van der Waals surface area contributed by atoms with Crippen molar-refractivity contribution in [1.29, 1.82) is 0 Å². The van der Waals surface area contributed by atoms with Crippen LogP contribution >= 0.6 is 0 Å². The molecule has 0 spiro atoms. The molecule has 7 heteroatoms. The van der Waals surface area contributed by atoms with Crippen LogP contribution in [0.3, 0.4) is 0 Å². The molecule has 1 amide bonds. The summed E-state index contributed by atoms with van der Waals surface area (Å²) in [7, 11) is 0. The molecule has 0 saturated heterocycles. The standard InChI is InChI=1S/C21H22N4O3/c1-13-11-15(19-20(22-13)25-8-4-2-3-5-18(25)24-19)21(26)23-14-6-7-16-17(12-14)28-10-9-27-16/h6-7,11-12H,2-5,8-10H2,1H3,(H,23,26). The van der Waals surface area contributed by atoms with Gasteiger partial charge in [0.2, 0.25) is 0 Å². The average molecular weight is 378 g/mol. The highest BCUT2D eigenvalue weighted by atomic mass is 16.6. The fourth-order valence-electron chi connectivity index (χ4n) is 3.91. The summed E-state index contributed by atoms with van der Waals surface area (Å²) in [4.78, 5) is 22.5. The predicted octanol–water partition coefficient (Wildman–Crippen LogP) is 3.49. The van der Waals surface area contributed by atoms with E-state index >= 15 is 0 Å². The molecule has 1 N–H and O–H groups in total. The van der Waals surface area contributed by atoms with E-state index in [1.54, 1.807) is 6.07 Å². The third kappa shape index (κ3) is 2.96. The summed E-state index contributed by atoms with van der Waals surface area (Å²) in [6.45, 7) is 3.87. The van der Waals surface area contributed by atoms with Gasteiger partial charge in [-0.25, -0.2) is 9.97 Å². The van der Waals surface area contributed by atoms with Crippen LogP contribution in [0.5, 0.6) is 11.5 Å². The highest BCUT2D eigenvalue weighted by molar-refractivity contribution is 6.11. The molecule has 7 nitrogen and oxygen atoms in total. The monoisotopic (exact) mass is 378 g/mol. The lowest BCUT2D eigenvalue weighted by Crippen LogP contribution is -2.17. The van der Waals surface area contributed by atoms with Crippen LogP contribution in [0.25, 0.3) is 11.2 Å². The Bertz CT molecular complexity index is 1070. The van der Waals surface area contributed by atoms with Gasteiger partial charge in [-0.3, -0.25) is 4.79 Å². The number of carbonyl (C=O) groups is 1. The Morgan fingerprint density at radius 1 is 1.07 bits per heavy atom. The van der Waals surface area contributed by atoms with Crippen molar-refractivity contribution in [1.82, 2.24) is 14.5 Å². The third-order valence-electron chi connectivity index (χ3n) is 5.24. The number of fused-ring (bicyclic) bond motifs is 4. The molecule has 0 atom stereocenters. The molecule has 2 aromatic heterocycles. The van der Waals surface area contributed by atoms with E-state index < -0.39 is 0 Å². The first-order valence-corrected chi connectivity index (χ1v) is 9.77. The first-order chi connectivity index (χ1) is 13.7. The van der Waals surface area contributed by atoms with Gasteiger partial charge in [0.05, 0.1) is 5.56 Å². The highest BCUT2D eigenvalue weighted by Gasteiger charge is 2.21. The minimum Gasteiger partial charge on any atom is -0.486 e. The number of aromatic nitrogens is 3. The molecule has 0 fully saturated rings. The number of amides is 1. The summed E-state index contributed by atoms with van der Waals surface area (Å²) in [5.74, 6) is 2.18. The topological polar surface area (TPSA) is 78.3 Å². The zero-order chi connectivity index (χ0) is 19.1. The molecular formula is C21H22N4O3. The number of pyridine rings is 1. The van der Waals surface area contributed by atoms with Crippen LogP contribution < -0.4 is 14.8 Å². The minimum atomic E-state index is -0.194. The molecule has 2 aliphatic rings. The molecular weight excluding hydrogens is 356 g/mol. The predicted molar refractivity (Wildman–Crippen MR) is 105 cm³/mol. The van der Waals surface area contributed by atoms with Gasteiger partial charge in [0.15, 0.2) is 17.1 Å². The van der Waals surface area contributed by atoms with E-state index in [0.29, 0.717) is 41.5 Å². The summed E-state index contributed by atoms with van der Waals surface area (Å²) < 4.78 is 13.3. The largest absolute Gasteiger partial charge is 0.486 e. The normalized spacial score (nSPS) is 15.8. The molecule has 0 unspecified atom stereocenters. The van der Waals surface area contributed by atoms with Gasteiger partial charge < -0.3 is 19.4 Å². The third-order valence-corrected chi connectivity index (χ3v) is 5.24. The Morgan fingerprint density at radius 2 is 1.93 bits per heavy atom. The van der Waals surface area contributed by atoms with Crippen molar-refractivity contribution in [3.63, 3.8) is 0 Å². The molecule has 4 heterocycles. The van der Waals surface area contributed by atoms with Crippen molar-refractivity contribution in [3.05, 3.63) is 41.3 Å². The van der Waals surface area contributed by atoms with E-state index in [2.05, 4.69) is 14.9 Å². The summed E-state index contributed by atoms with van der Waals surface area (Å²) in [5.41, 5.74) is 3.52. The lowest BCUT2D eigenvalue weighted by atomic mass is 10.1. The summed E-state index contributed by atoms with van der Waals surface area (Å²) >= 11 is 0. The van der Waals surface area contributed by atoms with Crippen molar-refractivity contribution >= 4 is 22.8 Å². The minimum absolute atomic E-state index is 0.194. The number of hydrogen-bond acceptors (Lipinski definition) is 5. The van der Waals surface area contributed by atoms with Crippen LogP contribution in [0.4, 0.5) is 5.69 Å². The average Bonchev–Trinajstić information content (AvgIpc) is 2.88. The lowest BCUT2D eigenvalue weighted by Gasteiger charge is -2.19. The van der Waals surface area contributed by atoms with Gasteiger partial charge >= 0.3 is 0 Å². The molecule has 0 radical (unpaired) electrons. The second-order valence-corrected chi connectivity index (χ2v) is 7.29. The Kier molecular flexibility index (Phi) is 4.15. The molecule has 0 aliphatic carbocycles.